The van der Waals surface area contributed by atoms with Crippen molar-refractivity contribution in [3.8, 4) is 11.1 Å². The molecule has 0 unspecified atom stereocenters. The molecule has 0 fully saturated rings. The molecule has 0 spiro atoms. The van der Waals surface area contributed by atoms with Crippen LogP contribution in [0.2, 0.25) is 5.02 Å². The molecule has 0 radical (unpaired) electrons. The number of H-pyrrole nitrogens is 1. The van der Waals surface area contributed by atoms with Gasteiger partial charge in [0.15, 0.2) is 0 Å². The second kappa shape index (κ2) is 5.37. The Morgan fingerprint density at radius 1 is 0.680 bits per heavy atom. The SMILES string of the molecule is Cc1cc(-c2ccc3c(c2)[nH]c2cc(Cl)ccc23)cc2ccccc12. The average molecular weight is 342 g/mol. The van der Waals surface area contributed by atoms with Gasteiger partial charge in [-0.3, -0.25) is 0 Å². The maximum absolute atomic E-state index is 6.13. The largest absolute Gasteiger partial charge is 0.354 e. The van der Waals surface area contributed by atoms with Crippen LogP contribution in [0, 0.1) is 6.92 Å². The molecule has 0 amide bonds. The normalized spacial score (nSPS) is 11.6. The first-order valence-corrected chi connectivity index (χ1v) is 8.78. The van der Waals surface area contributed by atoms with E-state index in [0.29, 0.717) is 0 Å². The Kier molecular flexibility index (Phi) is 3.13. The van der Waals surface area contributed by atoms with Gasteiger partial charge in [0.25, 0.3) is 0 Å². The summed E-state index contributed by atoms with van der Waals surface area (Å²) in [6, 6.07) is 25.7. The molecule has 1 N–H and O–H groups in total. The Balaban J connectivity index is 1.74. The number of fused-ring (bicyclic) bond motifs is 4. The van der Waals surface area contributed by atoms with E-state index in [1.54, 1.807) is 0 Å². The van der Waals surface area contributed by atoms with Gasteiger partial charge in [0.05, 0.1) is 0 Å². The van der Waals surface area contributed by atoms with Crippen LogP contribution in [0.3, 0.4) is 0 Å². The van der Waals surface area contributed by atoms with E-state index in [9.17, 15) is 0 Å². The van der Waals surface area contributed by atoms with E-state index in [1.807, 2.05) is 12.1 Å². The lowest BCUT2D eigenvalue weighted by Crippen LogP contribution is -1.83. The Bertz CT molecular complexity index is 1260. The average Bonchev–Trinajstić information content (AvgIpc) is 2.98. The molecule has 1 aromatic heterocycles. The van der Waals surface area contributed by atoms with Gasteiger partial charge < -0.3 is 4.98 Å². The number of benzene rings is 4. The monoisotopic (exact) mass is 341 g/mol. The number of aryl methyl sites for hydroxylation is 1. The highest BCUT2D eigenvalue weighted by Gasteiger charge is 2.08. The first kappa shape index (κ1) is 14.6. The van der Waals surface area contributed by atoms with Crippen LogP contribution in [-0.2, 0) is 0 Å². The van der Waals surface area contributed by atoms with Crippen LogP contribution in [-0.4, -0.2) is 4.98 Å². The lowest BCUT2D eigenvalue weighted by molar-refractivity contribution is 1.51. The summed E-state index contributed by atoms with van der Waals surface area (Å²) in [4.78, 5) is 3.50. The molecule has 5 rings (SSSR count). The standard InChI is InChI=1S/C23H16ClN/c1-14-10-17(11-16-4-2-3-5-19(14)16)15-6-8-20-21-9-7-18(24)13-23(21)25-22(20)12-15/h2-13,25H,1H3. The fourth-order valence-electron chi connectivity index (χ4n) is 3.73. The first-order chi connectivity index (χ1) is 12.2. The highest BCUT2D eigenvalue weighted by atomic mass is 35.5. The molecule has 5 aromatic rings. The zero-order chi connectivity index (χ0) is 17.0. The number of rotatable bonds is 1. The Morgan fingerprint density at radius 2 is 1.44 bits per heavy atom. The molecule has 0 aliphatic heterocycles. The number of nitrogens with one attached hydrogen (secondary N) is 1. The van der Waals surface area contributed by atoms with Crippen molar-refractivity contribution in [1.29, 1.82) is 0 Å². The molecular formula is C23H16ClN. The van der Waals surface area contributed by atoms with E-state index in [1.165, 1.54) is 38.2 Å². The molecule has 0 atom stereocenters. The minimum Gasteiger partial charge on any atom is -0.354 e. The maximum atomic E-state index is 6.13. The van der Waals surface area contributed by atoms with Crippen molar-refractivity contribution in [2.24, 2.45) is 0 Å². The third-order valence-electron chi connectivity index (χ3n) is 4.96. The molecule has 4 aromatic carbocycles. The quantitative estimate of drug-likeness (QED) is 0.334. The topological polar surface area (TPSA) is 15.8 Å². The van der Waals surface area contributed by atoms with Gasteiger partial charge >= 0.3 is 0 Å². The van der Waals surface area contributed by atoms with Crippen LogP contribution in [0.1, 0.15) is 5.56 Å². The van der Waals surface area contributed by atoms with Gasteiger partial charge in [0, 0.05) is 26.8 Å². The van der Waals surface area contributed by atoms with Crippen molar-refractivity contribution in [2.75, 3.05) is 0 Å². The van der Waals surface area contributed by atoms with Crippen molar-refractivity contribution >= 4 is 44.2 Å². The number of hydrogen-bond donors (Lipinski definition) is 1. The third kappa shape index (κ3) is 2.32. The molecule has 120 valence electrons. The highest BCUT2D eigenvalue weighted by molar-refractivity contribution is 6.31. The van der Waals surface area contributed by atoms with Crippen molar-refractivity contribution in [2.45, 2.75) is 6.92 Å². The van der Waals surface area contributed by atoms with Crippen LogP contribution in [0.25, 0.3) is 43.7 Å². The minimum absolute atomic E-state index is 0.754. The summed E-state index contributed by atoms with van der Waals surface area (Å²) in [5, 5.41) is 5.78. The van der Waals surface area contributed by atoms with Crippen LogP contribution >= 0.6 is 11.6 Å². The molecule has 0 bridgehead atoms. The number of aromatic nitrogens is 1. The summed E-state index contributed by atoms with van der Waals surface area (Å²) in [5.74, 6) is 0. The highest BCUT2D eigenvalue weighted by Crippen LogP contribution is 2.33. The van der Waals surface area contributed by atoms with Crippen molar-refractivity contribution < 1.29 is 0 Å². The van der Waals surface area contributed by atoms with Crippen molar-refractivity contribution in [1.82, 2.24) is 4.98 Å². The molecule has 0 aliphatic carbocycles. The van der Waals surface area contributed by atoms with E-state index >= 15 is 0 Å². The van der Waals surface area contributed by atoms with Crippen LogP contribution in [0.4, 0.5) is 0 Å². The summed E-state index contributed by atoms with van der Waals surface area (Å²) in [5.41, 5.74) is 5.99. The van der Waals surface area contributed by atoms with Crippen LogP contribution in [0.15, 0.2) is 72.8 Å². The second-order valence-corrected chi connectivity index (χ2v) is 7.03. The number of hydrogen-bond acceptors (Lipinski definition) is 0. The Labute approximate surface area is 150 Å². The molecule has 1 heterocycles. The van der Waals surface area contributed by atoms with E-state index in [-0.39, 0.29) is 0 Å². The van der Waals surface area contributed by atoms with Gasteiger partial charge in [0.1, 0.15) is 0 Å². The smallest absolute Gasteiger partial charge is 0.0479 e. The van der Waals surface area contributed by atoms with E-state index < -0.39 is 0 Å². The molecule has 0 saturated carbocycles. The van der Waals surface area contributed by atoms with Gasteiger partial charge in [0.2, 0.25) is 0 Å². The van der Waals surface area contributed by atoms with Crippen LogP contribution < -0.4 is 0 Å². The summed E-state index contributed by atoms with van der Waals surface area (Å²) in [6.07, 6.45) is 0. The summed E-state index contributed by atoms with van der Waals surface area (Å²) in [7, 11) is 0. The summed E-state index contributed by atoms with van der Waals surface area (Å²) >= 11 is 6.13. The predicted molar refractivity (Wildman–Crippen MR) is 108 cm³/mol. The van der Waals surface area contributed by atoms with Crippen molar-refractivity contribution in [3.63, 3.8) is 0 Å². The molecular weight excluding hydrogens is 326 g/mol. The van der Waals surface area contributed by atoms with Gasteiger partial charge in [-0.15, -0.1) is 0 Å². The zero-order valence-corrected chi connectivity index (χ0v) is 14.6. The van der Waals surface area contributed by atoms with E-state index in [0.717, 1.165) is 16.1 Å². The molecule has 25 heavy (non-hydrogen) atoms. The Hall–Kier alpha value is -2.77. The lowest BCUT2D eigenvalue weighted by atomic mass is 9.97. The lowest BCUT2D eigenvalue weighted by Gasteiger charge is -2.08. The Morgan fingerprint density at radius 3 is 2.32 bits per heavy atom. The van der Waals surface area contributed by atoms with Crippen molar-refractivity contribution in [3.05, 3.63) is 83.4 Å². The predicted octanol–water partition coefficient (Wildman–Crippen LogP) is 7.10. The van der Waals surface area contributed by atoms with Crippen LogP contribution in [0.5, 0.6) is 0 Å². The fourth-order valence-corrected chi connectivity index (χ4v) is 3.90. The molecule has 2 heteroatoms. The van der Waals surface area contributed by atoms with Gasteiger partial charge in [-0.05, 0) is 58.7 Å². The van der Waals surface area contributed by atoms with Gasteiger partial charge in [-0.2, -0.15) is 0 Å². The van der Waals surface area contributed by atoms with Gasteiger partial charge in [-0.25, -0.2) is 0 Å². The fraction of sp³-hybridized carbons (Fsp3) is 0.0435. The molecule has 0 saturated heterocycles. The summed E-state index contributed by atoms with van der Waals surface area (Å²) < 4.78 is 0. The minimum atomic E-state index is 0.754. The third-order valence-corrected chi connectivity index (χ3v) is 5.20. The number of aromatic amines is 1. The summed E-state index contributed by atoms with van der Waals surface area (Å²) in [6.45, 7) is 2.18. The second-order valence-electron chi connectivity index (χ2n) is 6.59. The molecule has 1 nitrogen and oxygen atoms in total. The van der Waals surface area contributed by atoms with Gasteiger partial charge in [-0.1, -0.05) is 60.1 Å². The number of halogens is 1. The zero-order valence-electron chi connectivity index (χ0n) is 13.8. The van der Waals surface area contributed by atoms with E-state index in [4.69, 9.17) is 11.6 Å². The maximum Gasteiger partial charge on any atom is 0.0479 e. The van der Waals surface area contributed by atoms with E-state index in [2.05, 4.69) is 72.6 Å². The molecule has 0 aliphatic rings. The first-order valence-electron chi connectivity index (χ1n) is 8.40.